The fourth-order valence-electron chi connectivity index (χ4n) is 4.95. The van der Waals surface area contributed by atoms with Gasteiger partial charge in [-0.1, -0.05) is 12.1 Å². The molecule has 0 bridgehead atoms. The minimum absolute atomic E-state index is 0.109. The van der Waals surface area contributed by atoms with Gasteiger partial charge in [0.15, 0.2) is 0 Å². The summed E-state index contributed by atoms with van der Waals surface area (Å²) >= 11 is 0. The van der Waals surface area contributed by atoms with Crippen LogP contribution >= 0.6 is 0 Å². The maximum atomic E-state index is 13.7. The van der Waals surface area contributed by atoms with Gasteiger partial charge >= 0.3 is 0 Å². The number of halogens is 2. The maximum absolute atomic E-state index is 13.7. The van der Waals surface area contributed by atoms with Crippen LogP contribution in [0.2, 0.25) is 0 Å². The highest BCUT2D eigenvalue weighted by molar-refractivity contribution is 5.94. The van der Waals surface area contributed by atoms with Crippen LogP contribution in [0.1, 0.15) is 65.2 Å². The number of benzene rings is 2. The van der Waals surface area contributed by atoms with Crippen molar-refractivity contribution in [2.45, 2.75) is 51.5 Å². The Morgan fingerprint density at radius 2 is 1.72 bits per heavy atom. The molecule has 2 aromatic rings. The molecule has 7 heteroatoms. The summed E-state index contributed by atoms with van der Waals surface area (Å²) in [5.74, 6) is -1.58. The number of hydrogen-bond donors (Lipinski definition) is 1. The Bertz CT molecular complexity index is 998. The second-order valence-electron chi connectivity index (χ2n) is 8.94. The highest BCUT2D eigenvalue weighted by Crippen LogP contribution is 2.37. The number of hydroxylamine groups is 2. The molecule has 0 unspecified atom stereocenters. The lowest BCUT2D eigenvalue weighted by atomic mass is 9.78. The van der Waals surface area contributed by atoms with E-state index in [1.807, 2.05) is 25.1 Å². The first-order valence-electron chi connectivity index (χ1n) is 11.1. The van der Waals surface area contributed by atoms with Gasteiger partial charge < -0.3 is 5.73 Å². The molecule has 5 nitrogen and oxygen atoms in total. The van der Waals surface area contributed by atoms with Crippen LogP contribution in [0.25, 0.3) is 0 Å². The van der Waals surface area contributed by atoms with Crippen molar-refractivity contribution in [1.29, 1.82) is 0 Å². The molecule has 1 atom stereocenters. The molecule has 32 heavy (non-hydrogen) atoms. The molecule has 0 aromatic heterocycles. The molecule has 2 aromatic carbocycles. The standard InChI is InChI=1S/C25H28F2N2O3/c1-15-2-3-17(11-22(15)24(28)30)10-16-4-6-18(7-5-16)25(31)29-23(8-9-32-29)19-12-20(26)14-21(27)13-19/h2-3,11-14,16,18,23H,4-10H2,1H3,(H2,28,30)/t16-,18-,23-/m0/s1. The van der Waals surface area contributed by atoms with Crippen molar-refractivity contribution in [2.24, 2.45) is 17.6 Å². The van der Waals surface area contributed by atoms with Gasteiger partial charge in [-0.3, -0.25) is 14.4 Å². The van der Waals surface area contributed by atoms with Gasteiger partial charge in [0.25, 0.3) is 0 Å². The molecule has 2 aliphatic rings. The largest absolute Gasteiger partial charge is 0.366 e. The number of nitrogens with two attached hydrogens (primary N) is 1. The number of hydrogen-bond acceptors (Lipinski definition) is 3. The SMILES string of the molecule is Cc1ccc(C[C@H]2CC[C@H](C(=O)N3OCC[C@H]3c3cc(F)cc(F)c3)CC2)cc1C(N)=O. The third-order valence-corrected chi connectivity index (χ3v) is 6.68. The maximum Gasteiger partial charge on any atom is 0.249 e. The first kappa shape index (κ1) is 22.4. The van der Waals surface area contributed by atoms with Crippen molar-refractivity contribution >= 4 is 11.8 Å². The summed E-state index contributed by atoms with van der Waals surface area (Å²) in [6.45, 7) is 2.21. The Morgan fingerprint density at radius 3 is 2.38 bits per heavy atom. The van der Waals surface area contributed by atoms with Crippen molar-refractivity contribution in [1.82, 2.24) is 5.06 Å². The lowest BCUT2D eigenvalue weighted by Gasteiger charge is -2.32. The van der Waals surface area contributed by atoms with Gasteiger partial charge in [0.1, 0.15) is 11.6 Å². The van der Waals surface area contributed by atoms with Gasteiger partial charge in [-0.25, -0.2) is 13.8 Å². The summed E-state index contributed by atoms with van der Waals surface area (Å²) in [5.41, 5.74) is 8.39. The topological polar surface area (TPSA) is 72.6 Å². The number of carbonyl (C=O) groups excluding carboxylic acids is 2. The zero-order valence-corrected chi connectivity index (χ0v) is 18.2. The van der Waals surface area contributed by atoms with E-state index in [2.05, 4.69) is 0 Å². The molecule has 1 aliphatic heterocycles. The van der Waals surface area contributed by atoms with E-state index in [1.165, 1.54) is 17.2 Å². The van der Waals surface area contributed by atoms with Gasteiger partial charge in [0, 0.05) is 24.0 Å². The Hall–Kier alpha value is -2.80. The Balaban J connectivity index is 1.37. The Morgan fingerprint density at radius 1 is 1.03 bits per heavy atom. The van der Waals surface area contributed by atoms with E-state index in [9.17, 15) is 18.4 Å². The summed E-state index contributed by atoms with van der Waals surface area (Å²) in [6.07, 6.45) is 4.61. The molecule has 2 amide bonds. The first-order chi connectivity index (χ1) is 15.3. The number of aryl methyl sites for hydroxylation is 1. The lowest BCUT2D eigenvalue weighted by molar-refractivity contribution is -0.183. The van der Waals surface area contributed by atoms with Crippen molar-refractivity contribution in [3.05, 3.63) is 70.3 Å². The molecule has 0 spiro atoms. The van der Waals surface area contributed by atoms with Crippen LogP contribution in [-0.4, -0.2) is 23.5 Å². The number of primary amides is 1. The van der Waals surface area contributed by atoms with Crippen LogP contribution in [-0.2, 0) is 16.1 Å². The third-order valence-electron chi connectivity index (χ3n) is 6.68. The fraction of sp³-hybridized carbons (Fsp3) is 0.440. The third kappa shape index (κ3) is 4.83. The molecule has 0 radical (unpaired) electrons. The monoisotopic (exact) mass is 442 g/mol. The molecule has 2 fully saturated rings. The minimum Gasteiger partial charge on any atom is -0.366 e. The zero-order chi connectivity index (χ0) is 22.8. The lowest BCUT2D eigenvalue weighted by Crippen LogP contribution is -2.36. The van der Waals surface area contributed by atoms with E-state index >= 15 is 0 Å². The van der Waals surface area contributed by atoms with Gasteiger partial charge in [0.05, 0.1) is 12.6 Å². The van der Waals surface area contributed by atoms with E-state index < -0.39 is 23.6 Å². The molecule has 1 saturated heterocycles. The minimum atomic E-state index is -0.657. The Kier molecular flexibility index (Phi) is 6.55. The summed E-state index contributed by atoms with van der Waals surface area (Å²) < 4.78 is 27.3. The predicted octanol–water partition coefficient (Wildman–Crippen LogP) is 4.63. The second kappa shape index (κ2) is 9.36. The molecule has 1 heterocycles. The van der Waals surface area contributed by atoms with Gasteiger partial charge in [-0.2, -0.15) is 0 Å². The Labute approximate surface area is 186 Å². The molecule has 2 N–H and O–H groups in total. The van der Waals surface area contributed by atoms with E-state index in [-0.39, 0.29) is 11.8 Å². The molecular weight excluding hydrogens is 414 g/mol. The van der Waals surface area contributed by atoms with E-state index in [0.717, 1.165) is 49.3 Å². The quantitative estimate of drug-likeness (QED) is 0.734. The van der Waals surface area contributed by atoms with E-state index in [1.54, 1.807) is 0 Å². The normalized spacial score (nSPS) is 23.3. The summed E-state index contributed by atoms with van der Waals surface area (Å²) in [4.78, 5) is 30.3. The molecule has 1 saturated carbocycles. The second-order valence-corrected chi connectivity index (χ2v) is 8.94. The molecule has 1 aliphatic carbocycles. The molecular formula is C25H28F2N2O3. The number of rotatable bonds is 5. The summed E-state index contributed by atoms with van der Waals surface area (Å²) in [5, 5.41) is 1.33. The fourth-order valence-corrected chi connectivity index (χ4v) is 4.95. The average Bonchev–Trinajstić information content (AvgIpc) is 3.24. The highest BCUT2D eigenvalue weighted by atomic mass is 19.1. The van der Waals surface area contributed by atoms with E-state index in [0.29, 0.717) is 30.1 Å². The van der Waals surface area contributed by atoms with Crippen LogP contribution in [0.4, 0.5) is 8.78 Å². The number of nitrogens with zero attached hydrogens (tertiary/aromatic N) is 1. The van der Waals surface area contributed by atoms with Crippen LogP contribution in [0, 0.1) is 30.4 Å². The van der Waals surface area contributed by atoms with Crippen molar-refractivity contribution in [2.75, 3.05) is 6.61 Å². The van der Waals surface area contributed by atoms with Crippen molar-refractivity contribution in [3.8, 4) is 0 Å². The average molecular weight is 443 g/mol. The molecule has 4 rings (SSSR count). The highest BCUT2D eigenvalue weighted by Gasteiger charge is 2.37. The van der Waals surface area contributed by atoms with Crippen LogP contribution in [0.3, 0.4) is 0 Å². The zero-order valence-electron chi connectivity index (χ0n) is 18.2. The van der Waals surface area contributed by atoms with Crippen LogP contribution < -0.4 is 5.73 Å². The van der Waals surface area contributed by atoms with Crippen molar-refractivity contribution < 1.29 is 23.2 Å². The number of amides is 2. The number of carbonyl (C=O) groups is 2. The summed E-state index contributed by atoms with van der Waals surface area (Å²) in [7, 11) is 0. The molecule has 170 valence electrons. The van der Waals surface area contributed by atoms with Gasteiger partial charge in [0.2, 0.25) is 11.8 Å². The predicted molar refractivity (Wildman–Crippen MR) is 115 cm³/mol. The van der Waals surface area contributed by atoms with Crippen LogP contribution in [0.5, 0.6) is 0 Å². The van der Waals surface area contributed by atoms with E-state index in [4.69, 9.17) is 10.6 Å². The summed E-state index contributed by atoms with van der Waals surface area (Å²) in [6, 6.07) is 8.71. The van der Waals surface area contributed by atoms with Crippen LogP contribution in [0.15, 0.2) is 36.4 Å². The van der Waals surface area contributed by atoms with Gasteiger partial charge in [-0.15, -0.1) is 0 Å². The first-order valence-corrected chi connectivity index (χ1v) is 11.1. The van der Waals surface area contributed by atoms with Gasteiger partial charge in [-0.05, 0) is 79.8 Å². The van der Waals surface area contributed by atoms with Crippen molar-refractivity contribution in [3.63, 3.8) is 0 Å². The smallest absolute Gasteiger partial charge is 0.249 e.